The lowest BCUT2D eigenvalue weighted by atomic mass is 10.1. The molecular weight excluding hydrogens is 280 g/mol. The Morgan fingerprint density at radius 3 is 2.57 bits per heavy atom. The average molecular weight is 293 g/mol. The molecule has 1 aromatic heterocycles. The van der Waals surface area contributed by atoms with E-state index in [1.54, 1.807) is 0 Å². The van der Waals surface area contributed by atoms with Gasteiger partial charge in [0.2, 0.25) is 0 Å². The first-order chi connectivity index (χ1) is 10.3. The van der Waals surface area contributed by atoms with Crippen molar-refractivity contribution in [2.75, 3.05) is 0 Å². The summed E-state index contributed by atoms with van der Waals surface area (Å²) in [5, 5.41) is 6.59. The van der Waals surface area contributed by atoms with Gasteiger partial charge >= 0.3 is 0 Å². The molecule has 4 rings (SSSR count). The van der Waals surface area contributed by atoms with Gasteiger partial charge in [0.1, 0.15) is 0 Å². The highest BCUT2D eigenvalue weighted by atomic mass is 35.5. The molecule has 21 heavy (non-hydrogen) atoms. The molecule has 2 aliphatic rings. The Bertz CT molecular complexity index is 924. The fourth-order valence-electron chi connectivity index (χ4n) is 2.88. The van der Waals surface area contributed by atoms with Crippen LogP contribution in [0.3, 0.4) is 0 Å². The number of nitrogens with zero attached hydrogens (tertiary/aromatic N) is 2. The van der Waals surface area contributed by atoms with E-state index in [1.165, 1.54) is 16.5 Å². The van der Waals surface area contributed by atoms with Gasteiger partial charge in [0, 0.05) is 5.39 Å². The Morgan fingerprint density at radius 1 is 0.952 bits per heavy atom. The molecule has 0 atom stereocenters. The van der Waals surface area contributed by atoms with E-state index < -0.39 is 0 Å². The predicted octanol–water partition coefficient (Wildman–Crippen LogP) is 5.09. The Hall–Kier alpha value is -2.32. The van der Waals surface area contributed by atoms with Crippen LogP contribution in [-0.4, -0.2) is 9.78 Å². The molecule has 0 bridgehead atoms. The fourth-order valence-corrected chi connectivity index (χ4v) is 3.10. The lowest BCUT2D eigenvalue weighted by Gasteiger charge is -2.04. The summed E-state index contributed by atoms with van der Waals surface area (Å²) in [7, 11) is 0. The molecule has 3 heteroatoms. The van der Waals surface area contributed by atoms with Crippen LogP contribution in [0.1, 0.15) is 5.69 Å². The van der Waals surface area contributed by atoms with Crippen molar-refractivity contribution in [3.63, 3.8) is 0 Å². The normalized spacial score (nSPS) is 11.3. The Labute approximate surface area is 127 Å². The zero-order chi connectivity index (χ0) is 14.4. The molecule has 0 saturated carbocycles. The first-order valence-corrected chi connectivity index (χ1v) is 7.25. The molecule has 102 valence electrons. The van der Waals surface area contributed by atoms with E-state index in [0.717, 1.165) is 16.9 Å². The number of fused-ring (bicyclic) bond motifs is 3. The smallest absolute Gasteiger partial charge is 0.0839 e. The maximum Gasteiger partial charge on any atom is 0.0839 e. The largest absolute Gasteiger partial charge is 0.231 e. The second kappa shape index (κ2) is 4.61. The summed E-state index contributed by atoms with van der Waals surface area (Å²) in [6, 6.07) is 20.4. The molecule has 0 amide bonds. The minimum absolute atomic E-state index is 0.706. The summed E-state index contributed by atoms with van der Waals surface area (Å²) in [6.45, 7) is 2.04. The lowest BCUT2D eigenvalue weighted by molar-refractivity contribution is 0.889. The summed E-state index contributed by atoms with van der Waals surface area (Å²) in [6.07, 6.45) is 0. The number of aromatic nitrogens is 2. The number of para-hydroxylation sites is 1. The second-order valence-electron chi connectivity index (χ2n) is 5.13. The molecule has 2 aliphatic carbocycles. The van der Waals surface area contributed by atoms with Crippen LogP contribution < -0.4 is 0 Å². The van der Waals surface area contributed by atoms with Gasteiger partial charge in [-0.15, -0.1) is 0 Å². The Kier molecular flexibility index (Phi) is 2.72. The van der Waals surface area contributed by atoms with Gasteiger partial charge in [-0.1, -0.05) is 54.1 Å². The summed E-state index contributed by atoms with van der Waals surface area (Å²) in [5.41, 5.74) is 5.48. The highest BCUT2D eigenvalue weighted by molar-refractivity contribution is 6.32. The van der Waals surface area contributed by atoms with Crippen molar-refractivity contribution < 1.29 is 0 Å². The van der Waals surface area contributed by atoms with E-state index in [2.05, 4.69) is 35.4 Å². The number of halogens is 1. The first kappa shape index (κ1) is 12.4. The van der Waals surface area contributed by atoms with Crippen molar-refractivity contribution in [1.82, 2.24) is 9.78 Å². The number of hydrogen-bond donors (Lipinski definition) is 0. The van der Waals surface area contributed by atoms with Crippen LogP contribution >= 0.6 is 11.6 Å². The van der Waals surface area contributed by atoms with E-state index in [4.69, 9.17) is 11.6 Å². The average Bonchev–Trinajstić information content (AvgIpc) is 2.89. The second-order valence-corrected chi connectivity index (χ2v) is 5.54. The van der Waals surface area contributed by atoms with Gasteiger partial charge < -0.3 is 0 Å². The lowest BCUT2D eigenvalue weighted by Crippen LogP contribution is -1.96. The van der Waals surface area contributed by atoms with Crippen molar-refractivity contribution >= 4 is 22.5 Å². The van der Waals surface area contributed by atoms with Crippen molar-refractivity contribution in [2.45, 2.75) is 6.92 Å². The van der Waals surface area contributed by atoms with Crippen molar-refractivity contribution in [3.8, 4) is 16.8 Å². The van der Waals surface area contributed by atoms with E-state index >= 15 is 0 Å². The predicted molar refractivity (Wildman–Crippen MR) is 87.4 cm³/mol. The first-order valence-electron chi connectivity index (χ1n) is 6.88. The fraction of sp³-hybridized carbons (Fsp3) is 0.0556. The molecule has 0 saturated heterocycles. The monoisotopic (exact) mass is 292 g/mol. The van der Waals surface area contributed by atoms with Crippen molar-refractivity contribution in [3.05, 3.63) is 71.4 Å². The third-order valence-electron chi connectivity index (χ3n) is 3.81. The molecule has 0 aliphatic heterocycles. The topological polar surface area (TPSA) is 17.8 Å². The molecule has 2 nitrogen and oxygen atoms in total. The van der Waals surface area contributed by atoms with E-state index in [0.29, 0.717) is 5.02 Å². The van der Waals surface area contributed by atoms with E-state index in [-0.39, 0.29) is 0 Å². The Balaban J connectivity index is 2.11. The Morgan fingerprint density at radius 2 is 1.71 bits per heavy atom. The van der Waals surface area contributed by atoms with Gasteiger partial charge in [-0.3, -0.25) is 0 Å². The third kappa shape index (κ3) is 1.83. The molecule has 1 heterocycles. The van der Waals surface area contributed by atoms with Crippen LogP contribution in [0.4, 0.5) is 0 Å². The molecule has 0 radical (unpaired) electrons. The van der Waals surface area contributed by atoms with Crippen LogP contribution in [0.25, 0.3) is 27.7 Å². The van der Waals surface area contributed by atoms with Crippen molar-refractivity contribution in [1.29, 1.82) is 0 Å². The molecule has 0 fully saturated rings. The minimum Gasteiger partial charge on any atom is -0.231 e. The number of hydrogen-bond acceptors (Lipinski definition) is 1. The molecule has 0 N–H and O–H groups in total. The molecular formula is C18H13ClN2. The zero-order valence-electron chi connectivity index (χ0n) is 11.5. The zero-order valence-corrected chi connectivity index (χ0v) is 12.3. The summed E-state index contributed by atoms with van der Waals surface area (Å²) >= 11 is 6.33. The van der Waals surface area contributed by atoms with Crippen LogP contribution in [-0.2, 0) is 0 Å². The maximum atomic E-state index is 6.33. The third-order valence-corrected chi connectivity index (χ3v) is 4.13. The van der Waals surface area contributed by atoms with Gasteiger partial charge in [-0.25, -0.2) is 4.68 Å². The van der Waals surface area contributed by atoms with E-state index in [9.17, 15) is 0 Å². The van der Waals surface area contributed by atoms with Crippen LogP contribution in [0.15, 0.2) is 60.7 Å². The van der Waals surface area contributed by atoms with Crippen molar-refractivity contribution in [2.24, 2.45) is 0 Å². The molecule has 0 spiro atoms. The number of rotatable bonds is 1. The van der Waals surface area contributed by atoms with Gasteiger partial charge in [0.25, 0.3) is 0 Å². The minimum atomic E-state index is 0.706. The van der Waals surface area contributed by atoms with Crippen LogP contribution in [0.5, 0.6) is 0 Å². The van der Waals surface area contributed by atoms with Crippen LogP contribution in [0.2, 0.25) is 5.02 Å². The standard InChI is InChI=1S/C18H13ClN2/c1-12-18-14-8-4-2-3-7-13(14)11-17(18)21(20-12)16-10-6-5-9-15(16)19/h2-11H,1H3. The van der Waals surface area contributed by atoms with Gasteiger partial charge in [0.05, 0.1) is 21.9 Å². The summed E-state index contributed by atoms with van der Waals surface area (Å²) < 4.78 is 1.94. The molecule has 0 unspecified atom stereocenters. The highest BCUT2D eigenvalue weighted by Crippen LogP contribution is 2.37. The summed E-state index contributed by atoms with van der Waals surface area (Å²) in [5.74, 6) is 0. The highest BCUT2D eigenvalue weighted by Gasteiger charge is 2.18. The molecule has 2 aromatic rings. The molecule has 1 aromatic carbocycles. The van der Waals surface area contributed by atoms with Gasteiger partial charge in [-0.2, -0.15) is 5.10 Å². The number of aryl methyl sites for hydroxylation is 1. The quantitative estimate of drug-likeness (QED) is 0.478. The van der Waals surface area contributed by atoms with Gasteiger partial charge in [0.15, 0.2) is 0 Å². The maximum absolute atomic E-state index is 6.33. The van der Waals surface area contributed by atoms with E-state index in [1.807, 2.05) is 41.9 Å². The SMILES string of the molecule is Cc1nn(-c2ccccc2Cl)c2cc3cccccc-3c12. The summed E-state index contributed by atoms with van der Waals surface area (Å²) in [4.78, 5) is 0. The van der Waals surface area contributed by atoms with Crippen LogP contribution in [0, 0.1) is 6.92 Å². The number of benzene rings is 1. The van der Waals surface area contributed by atoms with Gasteiger partial charge in [-0.05, 0) is 36.2 Å².